The van der Waals surface area contributed by atoms with Crippen LogP contribution in [0.5, 0.6) is 0 Å². The Bertz CT molecular complexity index is 255. The van der Waals surface area contributed by atoms with Gasteiger partial charge in [-0.1, -0.05) is 45.0 Å². The van der Waals surface area contributed by atoms with Crippen molar-refractivity contribution in [2.24, 2.45) is 0 Å². The smallest absolute Gasteiger partial charge is 0.00462 e. The van der Waals surface area contributed by atoms with Gasteiger partial charge in [0.05, 0.1) is 0 Å². The molecule has 0 bridgehead atoms. The minimum absolute atomic E-state index is 0.661. The van der Waals surface area contributed by atoms with Crippen molar-refractivity contribution in [1.29, 1.82) is 0 Å². The predicted molar refractivity (Wildman–Crippen MR) is 69.5 cm³/mol. The molecule has 0 aliphatic rings. The summed E-state index contributed by atoms with van der Waals surface area (Å²) in [6, 6.07) is 8.64. The van der Waals surface area contributed by atoms with Crippen LogP contribution in [0.15, 0.2) is 24.3 Å². The third-order valence-corrected chi connectivity index (χ3v) is 2.55. The molecule has 0 amide bonds. The van der Waals surface area contributed by atoms with Crippen LogP contribution in [0.2, 0.25) is 0 Å². The SMILES string of the molecule is CC.CNCCC(C)c1ccccc1C. The van der Waals surface area contributed by atoms with Crippen LogP contribution < -0.4 is 5.32 Å². The van der Waals surface area contributed by atoms with Crippen LogP contribution in [-0.2, 0) is 0 Å². The van der Waals surface area contributed by atoms with E-state index in [-0.39, 0.29) is 0 Å². The van der Waals surface area contributed by atoms with E-state index in [2.05, 4.69) is 43.4 Å². The zero-order valence-corrected chi connectivity index (χ0v) is 10.8. The standard InChI is InChI=1S/C12H19N.C2H6/c1-10-6-4-5-7-12(10)11(2)8-9-13-3;1-2/h4-7,11,13H,8-9H2,1-3H3;1-2H3. The molecule has 1 atom stereocenters. The number of benzene rings is 1. The molecule has 1 unspecified atom stereocenters. The van der Waals surface area contributed by atoms with E-state index in [0.717, 1.165) is 6.54 Å². The van der Waals surface area contributed by atoms with Crippen LogP contribution >= 0.6 is 0 Å². The Morgan fingerprint density at radius 1 is 1.20 bits per heavy atom. The monoisotopic (exact) mass is 207 g/mol. The van der Waals surface area contributed by atoms with Gasteiger partial charge in [-0.2, -0.15) is 0 Å². The van der Waals surface area contributed by atoms with Crippen molar-refractivity contribution in [3.8, 4) is 0 Å². The lowest BCUT2D eigenvalue weighted by Gasteiger charge is -2.13. The first-order valence-electron chi connectivity index (χ1n) is 5.96. The molecule has 0 saturated heterocycles. The Hall–Kier alpha value is -0.820. The Kier molecular flexibility index (Phi) is 8.02. The van der Waals surface area contributed by atoms with Crippen LogP contribution in [0.25, 0.3) is 0 Å². The van der Waals surface area contributed by atoms with Gasteiger partial charge >= 0.3 is 0 Å². The largest absolute Gasteiger partial charge is 0.320 e. The fourth-order valence-electron chi connectivity index (χ4n) is 1.66. The van der Waals surface area contributed by atoms with Gasteiger partial charge in [-0.3, -0.25) is 0 Å². The molecule has 1 aromatic rings. The Balaban J connectivity index is 0.000000921. The first-order valence-corrected chi connectivity index (χ1v) is 5.96. The Morgan fingerprint density at radius 2 is 1.80 bits per heavy atom. The molecule has 1 rings (SSSR count). The van der Waals surface area contributed by atoms with Gasteiger partial charge < -0.3 is 5.32 Å². The van der Waals surface area contributed by atoms with Gasteiger partial charge in [0, 0.05) is 0 Å². The summed E-state index contributed by atoms with van der Waals surface area (Å²) in [6.45, 7) is 9.57. The van der Waals surface area contributed by atoms with Crippen LogP contribution in [0.3, 0.4) is 0 Å². The summed E-state index contributed by atoms with van der Waals surface area (Å²) >= 11 is 0. The highest BCUT2D eigenvalue weighted by Crippen LogP contribution is 2.21. The minimum Gasteiger partial charge on any atom is -0.320 e. The van der Waals surface area contributed by atoms with E-state index < -0.39 is 0 Å². The average molecular weight is 207 g/mol. The zero-order valence-electron chi connectivity index (χ0n) is 10.8. The molecular weight excluding hydrogens is 182 g/mol. The lowest BCUT2D eigenvalue weighted by Crippen LogP contribution is -2.11. The summed E-state index contributed by atoms with van der Waals surface area (Å²) in [5.74, 6) is 0.661. The normalized spacial score (nSPS) is 11.5. The molecule has 0 saturated carbocycles. The molecule has 0 fully saturated rings. The van der Waals surface area contributed by atoms with Gasteiger partial charge in [0.2, 0.25) is 0 Å². The van der Waals surface area contributed by atoms with E-state index in [9.17, 15) is 0 Å². The number of hydrogen-bond acceptors (Lipinski definition) is 1. The molecule has 15 heavy (non-hydrogen) atoms. The van der Waals surface area contributed by atoms with E-state index in [0.29, 0.717) is 5.92 Å². The first-order chi connectivity index (χ1) is 7.25. The summed E-state index contributed by atoms with van der Waals surface area (Å²) in [7, 11) is 2.00. The van der Waals surface area contributed by atoms with Gasteiger partial charge in [0.25, 0.3) is 0 Å². The molecule has 0 spiro atoms. The van der Waals surface area contributed by atoms with Crippen molar-refractivity contribution in [3.05, 3.63) is 35.4 Å². The van der Waals surface area contributed by atoms with Gasteiger partial charge in [-0.15, -0.1) is 0 Å². The summed E-state index contributed by atoms with van der Waals surface area (Å²) in [5, 5.41) is 3.19. The van der Waals surface area contributed by atoms with Gasteiger partial charge in [-0.25, -0.2) is 0 Å². The molecule has 0 heterocycles. The van der Waals surface area contributed by atoms with Crippen molar-refractivity contribution < 1.29 is 0 Å². The highest BCUT2D eigenvalue weighted by atomic mass is 14.8. The third-order valence-electron chi connectivity index (χ3n) is 2.55. The average Bonchev–Trinajstić information content (AvgIpc) is 2.29. The zero-order chi connectivity index (χ0) is 11.7. The molecule has 1 nitrogen and oxygen atoms in total. The van der Waals surface area contributed by atoms with Crippen molar-refractivity contribution >= 4 is 0 Å². The quantitative estimate of drug-likeness (QED) is 0.793. The number of rotatable bonds is 4. The first kappa shape index (κ1) is 14.2. The summed E-state index contributed by atoms with van der Waals surface area (Å²) in [4.78, 5) is 0. The second kappa shape index (κ2) is 8.49. The van der Waals surface area contributed by atoms with Gasteiger partial charge in [0.1, 0.15) is 0 Å². The second-order valence-corrected chi connectivity index (χ2v) is 3.65. The minimum atomic E-state index is 0.661. The Labute approximate surface area is 94.9 Å². The van der Waals surface area contributed by atoms with Crippen molar-refractivity contribution in [1.82, 2.24) is 5.32 Å². The number of aryl methyl sites for hydroxylation is 1. The highest BCUT2D eigenvalue weighted by molar-refractivity contribution is 5.28. The van der Waals surface area contributed by atoms with E-state index >= 15 is 0 Å². The van der Waals surface area contributed by atoms with Crippen LogP contribution in [-0.4, -0.2) is 13.6 Å². The fourth-order valence-corrected chi connectivity index (χ4v) is 1.66. The molecule has 86 valence electrons. The van der Waals surface area contributed by atoms with E-state index in [1.165, 1.54) is 17.5 Å². The third kappa shape index (κ3) is 4.98. The van der Waals surface area contributed by atoms with Crippen LogP contribution in [0, 0.1) is 6.92 Å². The maximum atomic E-state index is 3.19. The van der Waals surface area contributed by atoms with Crippen LogP contribution in [0.1, 0.15) is 44.2 Å². The number of hydrogen-bond donors (Lipinski definition) is 1. The van der Waals surface area contributed by atoms with Crippen molar-refractivity contribution in [2.75, 3.05) is 13.6 Å². The summed E-state index contributed by atoms with van der Waals surface area (Å²) in [5.41, 5.74) is 2.89. The Morgan fingerprint density at radius 3 is 2.33 bits per heavy atom. The predicted octanol–water partition coefficient (Wildman–Crippen LogP) is 3.73. The molecule has 1 heteroatoms. The second-order valence-electron chi connectivity index (χ2n) is 3.65. The highest BCUT2D eigenvalue weighted by Gasteiger charge is 2.06. The summed E-state index contributed by atoms with van der Waals surface area (Å²) < 4.78 is 0. The fraction of sp³-hybridized carbons (Fsp3) is 0.571. The molecular formula is C14H25N. The maximum Gasteiger partial charge on any atom is -0.00462 e. The molecule has 0 radical (unpaired) electrons. The lowest BCUT2D eigenvalue weighted by molar-refractivity contribution is 0.634. The number of nitrogens with one attached hydrogen (secondary N) is 1. The molecule has 1 aromatic carbocycles. The molecule has 1 N–H and O–H groups in total. The van der Waals surface area contributed by atoms with Crippen LogP contribution in [0.4, 0.5) is 0 Å². The topological polar surface area (TPSA) is 12.0 Å². The van der Waals surface area contributed by atoms with Gasteiger partial charge in [0.15, 0.2) is 0 Å². The van der Waals surface area contributed by atoms with Gasteiger partial charge in [-0.05, 0) is 44.0 Å². The maximum absolute atomic E-state index is 3.19. The molecule has 0 aliphatic carbocycles. The van der Waals surface area contributed by atoms with E-state index in [4.69, 9.17) is 0 Å². The molecule has 0 aromatic heterocycles. The van der Waals surface area contributed by atoms with Crippen molar-refractivity contribution in [2.45, 2.75) is 40.0 Å². The lowest BCUT2D eigenvalue weighted by atomic mass is 9.94. The molecule has 0 aliphatic heterocycles. The summed E-state index contributed by atoms with van der Waals surface area (Å²) in [6.07, 6.45) is 1.21. The van der Waals surface area contributed by atoms with Crippen molar-refractivity contribution in [3.63, 3.8) is 0 Å². The van der Waals surface area contributed by atoms with E-state index in [1.54, 1.807) is 0 Å². The van der Waals surface area contributed by atoms with E-state index in [1.807, 2.05) is 20.9 Å².